The Kier molecular flexibility index (Phi) is 7.13. The van der Waals surface area contributed by atoms with Gasteiger partial charge in [0.15, 0.2) is 0 Å². The van der Waals surface area contributed by atoms with Crippen LogP contribution in [0.2, 0.25) is 0 Å². The van der Waals surface area contributed by atoms with Crippen LogP contribution in [0.5, 0.6) is 5.75 Å². The van der Waals surface area contributed by atoms with Gasteiger partial charge in [0.25, 0.3) is 0 Å². The zero-order chi connectivity index (χ0) is 23.5. The van der Waals surface area contributed by atoms with Gasteiger partial charge in [-0.05, 0) is 44.7 Å². The van der Waals surface area contributed by atoms with Crippen LogP contribution in [0.3, 0.4) is 0 Å². The molecule has 1 aromatic heterocycles. The van der Waals surface area contributed by atoms with Crippen molar-refractivity contribution in [1.29, 1.82) is 0 Å². The molecule has 0 unspecified atom stereocenters. The summed E-state index contributed by atoms with van der Waals surface area (Å²) < 4.78 is 68.9. The van der Waals surface area contributed by atoms with Crippen molar-refractivity contribution in [2.24, 2.45) is 0 Å². The van der Waals surface area contributed by atoms with Crippen LogP contribution in [0.4, 0.5) is 24.8 Å². The Bertz CT molecular complexity index is 1040. The highest BCUT2D eigenvalue weighted by Gasteiger charge is 2.32. The van der Waals surface area contributed by atoms with E-state index in [-0.39, 0.29) is 17.0 Å². The normalized spacial score (nSPS) is 19.4. The van der Waals surface area contributed by atoms with E-state index in [1.807, 2.05) is 32.0 Å². The van der Waals surface area contributed by atoms with Gasteiger partial charge in [0, 0.05) is 38.3 Å². The van der Waals surface area contributed by atoms with Gasteiger partial charge in [0.1, 0.15) is 23.2 Å². The largest absolute Gasteiger partial charge is 0.573 e. The van der Waals surface area contributed by atoms with E-state index in [2.05, 4.69) is 24.7 Å². The highest BCUT2D eigenvalue weighted by atomic mass is 32.2. The molecule has 8 nitrogen and oxygen atoms in total. The van der Waals surface area contributed by atoms with Gasteiger partial charge < -0.3 is 15.0 Å². The van der Waals surface area contributed by atoms with E-state index in [1.165, 1.54) is 12.1 Å². The van der Waals surface area contributed by atoms with Crippen molar-refractivity contribution in [3.63, 3.8) is 0 Å². The molecule has 0 spiro atoms. The first kappa shape index (κ1) is 24.1. The van der Waals surface area contributed by atoms with Crippen molar-refractivity contribution in [1.82, 2.24) is 14.7 Å². The molecule has 1 saturated carbocycles. The molecule has 1 aliphatic rings. The second-order valence-corrected chi connectivity index (χ2v) is 9.60. The van der Waals surface area contributed by atoms with Gasteiger partial charge in [-0.1, -0.05) is 6.07 Å². The molecule has 1 aliphatic carbocycles. The maximum absolute atomic E-state index is 12.6. The number of nitrogens with zero attached hydrogens (tertiary/aromatic N) is 3. The second-order valence-electron chi connectivity index (χ2n) is 7.89. The maximum Gasteiger partial charge on any atom is 0.573 e. The summed E-state index contributed by atoms with van der Waals surface area (Å²) in [4.78, 5) is 10.4. The monoisotopic (exact) mass is 473 g/mol. The van der Waals surface area contributed by atoms with E-state index in [0.717, 1.165) is 18.0 Å². The van der Waals surface area contributed by atoms with Crippen molar-refractivity contribution >= 4 is 21.7 Å². The van der Waals surface area contributed by atoms with E-state index < -0.39 is 22.1 Å². The highest BCUT2D eigenvalue weighted by molar-refractivity contribution is 7.89. The summed E-state index contributed by atoms with van der Waals surface area (Å²) in [6.45, 7) is 1.82. The Balaban J connectivity index is 1.58. The molecule has 1 heterocycles. The topological polar surface area (TPSA) is 96.5 Å². The van der Waals surface area contributed by atoms with E-state index in [9.17, 15) is 21.6 Å². The van der Waals surface area contributed by atoms with Crippen LogP contribution < -0.4 is 19.7 Å². The molecule has 176 valence electrons. The Morgan fingerprint density at radius 2 is 1.72 bits per heavy atom. The fourth-order valence-corrected chi connectivity index (χ4v) is 4.89. The molecule has 3 rings (SSSR count). The number of anilines is 2. The third-order valence-corrected chi connectivity index (χ3v) is 6.55. The quantitative estimate of drug-likeness (QED) is 0.636. The summed E-state index contributed by atoms with van der Waals surface area (Å²) >= 11 is 0. The molecule has 1 fully saturated rings. The number of ether oxygens (including phenoxy) is 1. The van der Waals surface area contributed by atoms with Crippen LogP contribution in [-0.2, 0) is 10.0 Å². The van der Waals surface area contributed by atoms with E-state index >= 15 is 0 Å². The molecule has 0 saturated heterocycles. The van der Waals surface area contributed by atoms with Gasteiger partial charge in [-0.2, -0.15) is 0 Å². The Hall–Kier alpha value is -2.60. The molecule has 1 aromatic carbocycles. The first-order valence-electron chi connectivity index (χ1n) is 10.1. The summed E-state index contributed by atoms with van der Waals surface area (Å²) in [5, 5.41) is 3.38. The molecular weight excluding hydrogens is 447 g/mol. The molecule has 12 heteroatoms. The van der Waals surface area contributed by atoms with E-state index in [1.54, 1.807) is 0 Å². The average molecular weight is 474 g/mol. The Labute approximate surface area is 185 Å². The molecule has 0 aliphatic heterocycles. The predicted molar refractivity (Wildman–Crippen MR) is 114 cm³/mol. The van der Waals surface area contributed by atoms with Gasteiger partial charge in [0.05, 0.1) is 4.90 Å². The number of nitrogens with one attached hydrogen (secondary N) is 2. The van der Waals surface area contributed by atoms with Gasteiger partial charge in [0.2, 0.25) is 10.0 Å². The first-order chi connectivity index (χ1) is 14.9. The maximum atomic E-state index is 12.6. The molecule has 0 radical (unpaired) electrons. The van der Waals surface area contributed by atoms with E-state index in [4.69, 9.17) is 0 Å². The lowest BCUT2D eigenvalue weighted by Gasteiger charge is -2.30. The number of aromatic nitrogens is 2. The summed E-state index contributed by atoms with van der Waals surface area (Å²) in [5.41, 5.74) is 0. The fraction of sp³-hybridized carbons (Fsp3) is 0.500. The SMILES string of the molecule is Cc1nc(NC2CCC(NS(=O)(=O)c3cccc(OC(F)(F)F)c3)CC2)cc(N(C)C)n1. The Morgan fingerprint density at radius 1 is 1.06 bits per heavy atom. The number of aryl methyl sites for hydroxylation is 1. The minimum Gasteiger partial charge on any atom is -0.406 e. The molecule has 32 heavy (non-hydrogen) atoms. The zero-order valence-corrected chi connectivity index (χ0v) is 18.8. The molecule has 0 atom stereocenters. The van der Waals surface area contributed by atoms with Crippen LogP contribution >= 0.6 is 0 Å². The van der Waals surface area contributed by atoms with E-state index in [0.29, 0.717) is 37.3 Å². The van der Waals surface area contributed by atoms with Crippen LogP contribution in [0.25, 0.3) is 0 Å². The number of hydrogen-bond acceptors (Lipinski definition) is 7. The van der Waals surface area contributed by atoms with Crippen LogP contribution in [0.1, 0.15) is 31.5 Å². The third-order valence-electron chi connectivity index (χ3n) is 5.03. The first-order valence-corrected chi connectivity index (χ1v) is 11.6. The van der Waals surface area contributed by atoms with Gasteiger partial charge in [-0.3, -0.25) is 0 Å². The number of halogens is 3. The zero-order valence-electron chi connectivity index (χ0n) is 18.0. The van der Waals surface area contributed by atoms with Gasteiger partial charge in [-0.25, -0.2) is 23.1 Å². The molecule has 0 amide bonds. The highest BCUT2D eigenvalue weighted by Crippen LogP contribution is 2.27. The number of hydrogen-bond donors (Lipinski definition) is 2. The van der Waals surface area contributed by atoms with Gasteiger partial charge in [-0.15, -0.1) is 13.2 Å². The number of alkyl halides is 3. The molecule has 2 aromatic rings. The predicted octanol–water partition coefficient (Wildman–Crippen LogP) is 3.45. The van der Waals surface area contributed by atoms with Crippen LogP contribution in [0, 0.1) is 6.92 Å². The Morgan fingerprint density at radius 3 is 2.34 bits per heavy atom. The number of sulfonamides is 1. The lowest BCUT2D eigenvalue weighted by atomic mass is 9.92. The van der Waals surface area contributed by atoms with Crippen LogP contribution in [-0.4, -0.2) is 50.9 Å². The molecule has 2 N–H and O–H groups in total. The lowest BCUT2D eigenvalue weighted by Crippen LogP contribution is -2.40. The number of benzene rings is 1. The van der Waals surface area contributed by atoms with Crippen molar-refractivity contribution in [2.75, 3.05) is 24.3 Å². The molecule has 0 bridgehead atoms. The summed E-state index contributed by atoms with van der Waals surface area (Å²) in [7, 11) is -0.186. The smallest absolute Gasteiger partial charge is 0.406 e. The number of rotatable bonds is 7. The summed E-state index contributed by atoms with van der Waals surface area (Å²) in [5.74, 6) is 1.58. The second kappa shape index (κ2) is 9.49. The molecular formula is C20H26F3N5O3S. The van der Waals surface area contributed by atoms with Crippen molar-refractivity contribution in [2.45, 2.75) is 55.9 Å². The van der Waals surface area contributed by atoms with Gasteiger partial charge >= 0.3 is 6.36 Å². The minimum absolute atomic E-state index is 0.128. The standard InChI is InChI=1S/C20H26F3N5O3S/c1-13-24-18(12-19(25-13)28(2)3)26-14-7-9-15(10-8-14)27-32(29,30)17-6-4-5-16(11-17)31-20(21,22)23/h4-6,11-12,14-15,27H,7-10H2,1-3H3,(H,24,25,26). The average Bonchev–Trinajstić information content (AvgIpc) is 2.68. The van der Waals surface area contributed by atoms with Crippen molar-refractivity contribution in [3.8, 4) is 5.75 Å². The fourth-order valence-electron chi connectivity index (χ4n) is 3.55. The third kappa shape index (κ3) is 6.70. The van der Waals surface area contributed by atoms with Crippen molar-refractivity contribution < 1.29 is 26.3 Å². The van der Waals surface area contributed by atoms with Crippen molar-refractivity contribution in [3.05, 3.63) is 36.2 Å². The van der Waals surface area contributed by atoms with Crippen LogP contribution in [0.15, 0.2) is 35.2 Å². The summed E-state index contributed by atoms with van der Waals surface area (Å²) in [6.07, 6.45) is -2.30. The summed E-state index contributed by atoms with van der Waals surface area (Å²) in [6, 6.07) is 6.04. The minimum atomic E-state index is -4.89. The lowest BCUT2D eigenvalue weighted by molar-refractivity contribution is -0.274.